The molecule has 0 aromatic heterocycles. The Balaban J connectivity index is 2.79. The lowest BCUT2D eigenvalue weighted by atomic mass is 10.1. The van der Waals surface area contributed by atoms with Gasteiger partial charge in [0.05, 0.1) is 6.26 Å². The van der Waals surface area contributed by atoms with E-state index in [0.29, 0.717) is 12.2 Å². The number of amides is 1. The number of halogens is 1. The number of carbonyl (C=O) groups is 1. The van der Waals surface area contributed by atoms with Crippen molar-refractivity contribution in [2.24, 2.45) is 0 Å². The van der Waals surface area contributed by atoms with Gasteiger partial charge in [-0.05, 0) is 53.1 Å². The van der Waals surface area contributed by atoms with Gasteiger partial charge in [0.2, 0.25) is 15.9 Å². The van der Waals surface area contributed by atoms with Crippen molar-refractivity contribution in [3.63, 3.8) is 0 Å². The van der Waals surface area contributed by atoms with Crippen LogP contribution in [0.25, 0.3) is 0 Å². The molecule has 4 N–H and O–H groups in total. The fourth-order valence-electron chi connectivity index (χ4n) is 2.09. The molecule has 0 radical (unpaired) electrons. The normalized spacial score (nSPS) is 12.8. The molecule has 1 amide bonds. The minimum atomic E-state index is -3.48. The number of benzene rings is 1. The minimum absolute atomic E-state index is 0.281. The van der Waals surface area contributed by atoms with Gasteiger partial charge in [0.15, 0.2) is 0 Å². The van der Waals surface area contributed by atoms with Gasteiger partial charge in [-0.25, -0.2) is 13.1 Å². The van der Waals surface area contributed by atoms with Crippen LogP contribution in [0.5, 0.6) is 0 Å². The van der Waals surface area contributed by atoms with Crippen molar-refractivity contribution in [2.75, 3.05) is 18.5 Å². The topological polar surface area (TPSA) is 101 Å². The van der Waals surface area contributed by atoms with Gasteiger partial charge >= 0.3 is 0 Å². The molecule has 1 aromatic carbocycles. The van der Waals surface area contributed by atoms with Crippen molar-refractivity contribution in [3.8, 4) is 0 Å². The van der Waals surface area contributed by atoms with Gasteiger partial charge in [0.1, 0.15) is 6.04 Å². The standard InChI is InChI=1S/C15H24IN3O3S/c1-3-4-5-8-18-15(20)14(19-23(2,21)22)10-11-6-7-13(17)12(16)9-11/h6-7,9,14,19H,3-5,8,10,17H2,1-2H3,(H,18,20). The van der Waals surface area contributed by atoms with E-state index in [4.69, 9.17) is 5.73 Å². The number of rotatable bonds is 9. The molecule has 0 aliphatic rings. The first-order valence-electron chi connectivity index (χ1n) is 7.52. The number of unbranched alkanes of at least 4 members (excludes halogenated alkanes) is 2. The monoisotopic (exact) mass is 453 g/mol. The molecule has 1 aromatic rings. The Morgan fingerprint density at radius 2 is 2.04 bits per heavy atom. The van der Waals surface area contributed by atoms with E-state index in [0.717, 1.165) is 34.7 Å². The molecule has 0 saturated carbocycles. The Bertz CT molecular complexity index is 635. The van der Waals surface area contributed by atoms with Crippen molar-refractivity contribution < 1.29 is 13.2 Å². The maximum Gasteiger partial charge on any atom is 0.238 e. The highest BCUT2D eigenvalue weighted by Gasteiger charge is 2.22. The summed E-state index contributed by atoms with van der Waals surface area (Å²) in [6, 6.07) is 4.59. The highest BCUT2D eigenvalue weighted by atomic mass is 127. The van der Waals surface area contributed by atoms with Crippen molar-refractivity contribution in [1.82, 2.24) is 10.0 Å². The summed E-state index contributed by atoms with van der Waals surface area (Å²) in [4.78, 5) is 12.3. The first-order chi connectivity index (χ1) is 10.7. The maximum atomic E-state index is 12.3. The molecule has 23 heavy (non-hydrogen) atoms. The third-order valence-electron chi connectivity index (χ3n) is 3.26. The van der Waals surface area contributed by atoms with Crippen molar-refractivity contribution >= 4 is 44.2 Å². The van der Waals surface area contributed by atoms with Gasteiger partial charge in [-0.1, -0.05) is 25.8 Å². The second-order valence-electron chi connectivity index (χ2n) is 5.50. The van der Waals surface area contributed by atoms with Gasteiger partial charge < -0.3 is 11.1 Å². The summed E-state index contributed by atoms with van der Waals surface area (Å²) in [6.45, 7) is 2.63. The van der Waals surface area contributed by atoms with Crippen molar-refractivity contribution in [2.45, 2.75) is 38.6 Å². The molecule has 8 heteroatoms. The van der Waals surface area contributed by atoms with Gasteiger partial charge in [0, 0.05) is 15.8 Å². The zero-order chi connectivity index (χ0) is 17.5. The van der Waals surface area contributed by atoms with E-state index in [9.17, 15) is 13.2 Å². The summed E-state index contributed by atoms with van der Waals surface area (Å²) in [5, 5.41) is 2.79. The smallest absolute Gasteiger partial charge is 0.238 e. The molecule has 6 nitrogen and oxygen atoms in total. The molecule has 0 aliphatic carbocycles. The highest BCUT2D eigenvalue weighted by molar-refractivity contribution is 14.1. The maximum absolute atomic E-state index is 12.3. The number of nitrogens with two attached hydrogens (primary N) is 1. The van der Waals surface area contributed by atoms with E-state index in [-0.39, 0.29) is 12.3 Å². The molecule has 0 aliphatic heterocycles. The first-order valence-corrected chi connectivity index (χ1v) is 10.5. The SMILES string of the molecule is CCCCCNC(=O)C(Cc1ccc(N)c(I)c1)NS(C)(=O)=O. The zero-order valence-electron chi connectivity index (χ0n) is 13.4. The van der Waals surface area contributed by atoms with Gasteiger partial charge in [0.25, 0.3) is 0 Å². The van der Waals surface area contributed by atoms with Gasteiger partial charge in [-0.3, -0.25) is 4.79 Å². The number of hydrogen-bond donors (Lipinski definition) is 3. The van der Waals surface area contributed by atoms with E-state index in [1.807, 2.05) is 6.07 Å². The number of anilines is 1. The predicted molar refractivity (Wildman–Crippen MR) is 102 cm³/mol. The van der Waals surface area contributed by atoms with Crippen LogP contribution in [0.1, 0.15) is 31.7 Å². The first kappa shape index (κ1) is 20.2. The Hall–Kier alpha value is -0.870. The molecule has 1 unspecified atom stereocenters. The number of nitrogens with one attached hydrogen (secondary N) is 2. The van der Waals surface area contributed by atoms with Gasteiger partial charge in [-0.15, -0.1) is 0 Å². The second kappa shape index (κ2) is 9.43. The molecule has 1 atom stereocenters. The summed E-state index contributed by atoms with van der Waals surface area (Å²) in [5.41, 5.74) is 7.29. The van der Waals surface area contributed by atoms with Crippen LogP contribution in [-0.4, -0.2) is 33.2 Å². The Labute approximate surface area is 151 Å². The van der Waals surface area contributed by atoms with Crippen molar-refractivity contribution in [1.29, 1.82) is 0 Å². The largest absolute Gasteiger partial charge is 0.398 e. The number of hydrogen-bond acceptors (Lipinski definition) is 4. The molecule has 0 bridgehead atoms. The van der Waals surface area contributed by atoms with Crippen LogP contribution in [0, 0.1) is 3.57 Å². The summed E-state index contributed by atoms with van der Waals surface area (Å²) < 4.78 is 26.3. The molecule has 0 heterocycles. The van der Waals surface area contributed by atoms with Crippen LogP contribution in [0.15, 0.2) is 18.2 Å². The average molecular weight is 453 g/mol. The van der Waals surface area contributed by atoms with E-state index in [1.54, 1.807) is 12.1 Å². The van der Waals surface area contributed by atoms with E-state index in [2.05, 4.69) is 39.6 Å². The molecule has 130 valence electrons. The molecular formula is C15H24IN3O3S. The highest BCUT2D eigenvalue weighted by Crippen LogP contribution is 2.17. The molecule has 0 spiro atoms. The zero-order valence-corrected chi connectivity index (χ0v) is 16.4. The lowest BCUT2D eigenvalue weighted by Gasteiger charge is -2.18. The fourth-order valence-corrected chi connectivity index (χ4v) is 3.38. The van der Waals surface area contributed by atoms with Crippen LogP contribution >= 0.6 is 22.6 Å². The molecule has 1 rings (SSSR count). The lowest BCUT2D eigenvalue weighted by Crippen LogP contribution is -2.47. The van der Waals surface area contributed by atoms with Crippen LogP contribution in [0.2, 0.25) is 0 Å². The fraction of sp³-hybridized carbons (Fsp3) is 0.533. The second-order valence-corrected chi connectivity index (χ2v) is 8.44. The average Bonchev–Trinajstić information content (AvgIpc) is 2.45. The molecule has 0 fully saturated rings. The lowest BCUT2D eigenvalue weighted by molar-refractivity contribution is -0.122. The van der Waals surface area contributed by atoms with E-state index < -0.39 is 16.1 Å². The van der Waals surface area contributed by atoms with Crippen LogP contribution in [0.3, 0.4) is 0 Å². The van der Waals surface area contributed by atoms with Gasteiger partial charge in [-0.2, -0.15) is 0 Å². The van der Waals surface area contributed by atoms with E-state index >= 15 is 0 Å². The summed E-state index contributed by atoms with van der Waals surface area (Å²) >= 11 is 2.11. The summed E-state index contributed by atoms with van der Waals surface area (Å²) in [5.74, 6) is -0.307. The van der Waals surface area contributed by atoms with E-state index in [1.165, 1.54) is 0 Å². The van der Waals surface area contributed by atoms with Crippen LogP contribution < -0.4 is 15.8 Å². The third-order valence-corrected chi connectivity index (χ3v) is 4.90. The number of carbonyl (C=O) groups excluding carboxylic acids is 1. The Morgan fingerprint density at radius 1 is 1.35 bits per heavy atom. The summed E-state index contributed by atoms with van der Waals surface area (Å²) in [6.07, 6.45) is 4.30. The third kappa shape index (κ3) is 7.98. The predicted octanol–water partition coefficient (Wildman–Crippen LogP) is 1.64. The Morgan fingerprint density at radius 3 is 2.61 bits per heavy atom. The molecule has 0 saturated heterocycles. The van der Waals surface area contributed by atoms with Crippen molar-refractivity contribution in [3.05, 3.63) is 27.3 Å². The van der Waals surface area contributed by atoms with Crippen LogP contribution in [0.4, 0.5) is 5.69 Å². The minimum Gasteiger partial charge on any atom is -0.398 e. The quantitative estimate of drug-likeness (QED) is 0.301. The Kier molecular flexibility index (Phi) is 8.27. The van der Waals surface area contributed by atoms with Crippen LogP contribution in [-0.2, 0) is 21.2 Å². The number of nitrogen functional groups attached to an aromatic ring is 1. The number of sulfonamides is 1. The molecular weight excluding hydrogens is 429 g/mol. The summed E-state index contributed by atoms with van der Waals surface area (Å²) in [7, 11) is -3.48.